The normalized spacial score (nSPS) is 39.8. The first-order valence-electron chi connectivity index (χ1n) is 7.24. The Balaban J connectivity index is 2.34. The molecule has 0 heterocycles. The molecule has 0 aromatic carbocycles. The largest absolute Gasteiger partial charge is 0.226 e. The molecule has 2 aliphatic rings. The van der Waals surface area contributed by atoms with Gasteiger partial charge in [-0.25, -0.2) is 4.99 Å². The topological polar surface area (TPSA) is 12.4 Å². The van der Waals surface area contributed by atoms with Crippen molar-refractivity contribution >= 4 is 17.4 Å². The van der Waals surface area contributed by atoms with Crippen molar-refractivity contribution in [1.82, 2.24) is 0 Å². The summed E-state index contributed by atoms with van der Waals surface area (Å²) in [6.45, 7) is 9.30. The van der Waals surface area contributed by atoms with Gasteiger partial charge in [-0.1, -0.05) is 25.5 Å². The molecule has 18 heavy (non-hydrogen) atoms. The maximum Gasteiger partial charge on any atom is 0.0716 e. The summed E-state index contributed by atoms with van der Waals surface area (Å²) in [5.74, 6) is 2.95. The third-order valence-electron chi connectivity index (χ3n) is 5.23. The second kappa shape index (κ2) is 5.27. The Hall–Kier alpha value is -0.460. The molecule has 2 rings (SSSR count). The molecule has 1 saturated carbocycles. The van der Waals surface area contributed by atoms with E-state index >= 15 is 0 Å². The van der Waals surface area contributed by atoms with Crippen LogP contribution in [0.25, 0.3) is 0 Å². The number of fused-ring (bicyclic) bond motifs is 1. The van der Waals surface area contributed by atoms with Crippen molar-refractivity contribution in [3.63, 3.8) is 0 Å². The van der Waals surface area contributed by atoms with Crippen LogP contribution in [0.5, 0.6) is 0 Å². The van der Waals surface area contributed by atoms with Crippen LogP contribution in [0.2, 0.25) is 0 Å². The summed E-state index contributed by atoms with van der Waals surface area (Å²) in [7, 11) is 0. The predicted molar refractivity (Wildman–Crippen MR) is 81.0 cm³/mol. The van der Waals surface area contributed by atoms with Gasteiger partial charge < -0.3 is 0 Å². The Morgan fingerprint density at radius 3 is 2.78 bits per heavy atom. The second-order valence-electron chi connectivity index (χ2n) is 6.74. The minimum atomic E-state index is 0.0367. The van der Waals surface area contributed by atoms with E-state index in [0.717, 1.165) is 11.8 Å². The van der Waals surface area contributed by atoms with Crippen molar-refractivity contribution in [2.45, 2.75) is 58.9 Å². The van der Waals surface area contributed by atoms with Gasteiger partial charge in [0.15, 0.2) is 0 Å². The maximum absolute atomic E-state index is 4.87. The lowest BCUT2D eigenvalue weighted by atomic mass is 9.57. The van der Waals surface area contributed by atoms with Gasteiger partial charge in [0.1, 0.15) is 0 Å². The number of nitrogens with zero attached hydrogens (tertiary/aromatic N) is 1. The Labute approximate surface area is 117 Å². The van der Waals surface area contributed by atoms with Crippen LogP contribution in [0.3, 0.4) is 0 Å². The van der Waals surface area contributed by atoms with Crippen molar-refractivity contribution in [1.29, 1.82) is 0 Å². The quantitative estimate of drug-likeness (QED) is 0.393. The Morgan fingerprint density at radius 1 is 1.44 bits per heavy atom. The molecular formula is C16H25NS. The third-order valence-corrected chi connectivity index (χ3v) is 5.32. The second-order valence-corrected chi connectivity index (χ2v) is 6.92. The standard InChI is InChI=1S/C16H25NS/c1-11(2)13-7-8-16(4,17-10-18)15-6-5-12(3)9-14(13)15/h9,11,13-15H,5-8H2,1-4H3/t13-,14-,15+,16-/m1/s1. The number of isothiocyanates is 1. The van der Waals surface area contributed by atoms with Crippen LogP contribution >= 0.6 is 12.2 Å². The summed E-state index contributed by atoms with van der Waals surface area (Å²) in [4.78, 5) is 4.55. The highest BCUT2D eigenvalue weighted by Gasteiger charge is 2.47. The average molecular weight is 263 g/mol. The highest BCUT2D eigenvalue weighted by molar-refractivity contribution is 7.78. The molecule has 0 aromatic rings. The van der Waals surface area contributed by atoms with Crippen LogP contribution in [0.4, 0.5) is 0 Å². The molecule has 0 aromatic heterocycles. The van der Waals surface area contributed by atoms with Gasteiger partial charge in [0.2, 0.25) is 0 Å². The molecule has 1 fully saturated rings. The average Bonchev–Trinajstić information content (AvgIpc) is 2.28. The molecule has 1 nitrogen and oxygen atoms in total. The van der Waals surface area contributed by atoms with Gasteiger partial charge >= 0.3 is 0 Å². The first-order valence-corrected chi connectivity index (χ1v) is 7.65. The molecular weight excluding hydrogens is 238 g/mol. The van der Waals surface area contributed by atoms with Crippen LogP contribution in [0.1, 0.15) is 53.4 Å². The number of thiocarbonyl (C=S) groups is 1. The third kappa shape index (κ3) is 2.46. The molecule has 0 radical (unpaired) electrons. The molecule has 0 bridgehead atoms. The molecule has 0 unspecified atom stereocenters. The van der Waals surface area contributed by atoms with E-state index in [9.17, 15) is 0 Å². The fraction of sp³-hybridized carbons (Fsp3) is 0.812. The van der Waals surface area contributed by atoms with Crippen molar-refractivity contribution < 1.29 is 0 Å². The van der Waals surface area contributed by atoms with E-state index in [0.29, 0.717) is 11.8 Å². The summed E-state index contributed by atoms with van der Waals surface area (Å²) in [5, 5.41) is 2.65. The highest BCUT2D eigenvalue weighted by Crippen LogP contribution is 2.51. The fourth-order valence-electron chi connectivity index (χ4n) is 4.11. The van der Waals surface area contributed by atoms with Crippen LogP contribution in [0.15, 0.2) is 16.6 Å². The van der Waals surface area contributed by atoms with Gasteiger partial charge in [0.25, 0.3) is 0 Å². The Bertz CT molecular complexity index is 392. The number of aliphatic imine (C=N–C) groups is 1. The summed E-state index contributed by atoms with van der Waals surface area (Å²) in [5.41, 5.74) is 1.60. The smallest absolute Gasteiger partial charge is 0.0716 e. The van der Waals surface area contributed by atoms with Gasteiger partial charge in [-0.3, -0.25) is 0 Å². The fourth-order valence-corrected chi connectivity index (χ4v) is 4.32. The molecule has 4 atom stereocenters. The van der Waals surface area contributed by atoms with E-state index in [1.54, 1.807) is 5.57 Å². The molecule has 0 saturated heterocycles. The molecule has 0 N–H and O–H groups in total. The first kappa shape index (κ1) is 14.0. The van der Waals surface area contributed by atoms with Gasteiger partial charge in [-0.2, -0.15) is 0 Å². The number of allylic oxidation sites excluding steroid dienone is 2. The van der Waals surface area contributed by atoms with E-state index in [-0.39, 0.29) is 5.54 Å². The van der Waals surface area contributed by atoms with Crippen molar-refractivity contribution in [2.24, 2.45) is 28.7 Å². The highest BCUT2D eigenvalue weighted by atomic mass is 32.1. The molecule has 0 aliphatic heterocycles. The SMILES string of the molecule is CC1=C[C@@H]2[C@@H](C(C)C)CC[C@@](C)(N=C=S)[C@H]2CC1. The lowest BCUT2D eigenvalue weighted by Crippen LogP contribution is -2.47. The Kier molecular flexibility index (Phi) is 4.08. The zero-order valence-corrected chi connectivity index (χ0v) is 12.9. The van der Waals surface area contributed by atoms with Gasteiger partial charge in [-0.05, 0) is 75.4 Å². The predicted octanol–water partition coefficient (Wildman–Crippen LogP) is 4.89. The van der Waals surface area contributed by atoms with Gasteiger partial charge in [-0.15, -0.1) is 0 Å². The number of hydrogen-bond donors (Lipinski definition) is 0. The van der Waals surface area contributed by atoms with Crippen LogP contribution in [-0.4, -0.2) is 10.7 Å². The molecule has 0 spiro atoms. The molecule has 2 heteroatoms. The lowest BCUT2D eigenvalue weighted by molar-refractivity contribution is 0.0685. The minimum Gasteiger partial charge on any atom is -0.226 e. The lowest BCUT2D eigenvalue weighted by Gasteiger charge is -2.49. The zero-order valence-electron chi connectivity index (χ0n) is 12.1. The minimum absolute atomic E-state index is 0.0367. The number of rotatable bonds is 2. The maximum atomic E-state index is 4.87. The van der Waals surface area contributed by atoms with Crippen molar-refractivity contribution in [3.05, 3.63) is 11.6 Å². The molecule has 0 amide bonds. The van der Waals surface area contributed by atoms with E-state index in [1.165, 1.54) is 25.7 Å². The molecule has 2 aliphatic carbocycles. The number of hydrogen-bond acceptors (Lipinski definition) is 2. The van der Waals surface area contributed by atoms with Gasteiger partial charge in [0, 0.05) is 0 Å². The van der Waals surface area contributed by atoms with Crippen LogP contribution < -0.4 is 0 Å². The van der Waals surface area contributed by atoms with Crippen molar-refractivity contribution in [3.8, 4) is 0 Å². The van der Waals surface area contributed by atoms with Crippen LogP contribution in [0, 0.1) is 23.7 Å². The zero-order chi connectivity index (χ0) is 13.3. The summed E-state index contributed by atoms with van der Waals surface area (Å²) in [6, 6.07) is 0. The van der Waals surface area contributed by atoms with E-state index < -0.39 is 0 Å². The molecule has 100 valence electrons. The van der Waals surface area contributed by atoms with E-state index in [2.05, 4.69) is 43.9 Å². The van der Waals surface area contributed by atoms with E-state index in [1.807, 2.05) is 0 Å². The van der Waals surface area contributed by atoms with E-state index in [4.69, 9.17) is 12.2 Å². The first-order chi connectivity index (χ1) is 8.48. The monoisotopic (exact) mass is 263 g/mol. The summed E-state index contributed by atoms with van der Waals surface area (Å²) < 4.78 is 0. The van der Waals surface area contributed by atoms with Crippen molar-refractivity contribution in [2.75, 3.05) is 0 Å². The summed E-state index contributed by atoms with van der Waals surface area (Å²) in [6.07, 6.45) is 7.49. The van der Waals surface area contributed by atoms with Crippen LogP contribution in [-0.2, 0) is 0 Å². The summed E-state index contributed by atoms with van der Waals surface area (Å²) >= 11 is 4.87. The Morgan fingerprint density at radius 2 is 2.17 bits per heavy atom. The van der Waals surface area contributed by atoms with Gasteiger partial charge in [0.05, 0.1) is 10.7 Å².